The molecule has 88 valence electrons. The predicted molar refractivity (Wildman–Crippen MR) is 63.4 cm³/mol. The summed E-state index contributed by atoms with van der Waals surface area (Å²) in [5.41, 5.74) is 7.03. The first-order valence-electron chi connectivity index (χ1n) is 5.71. The van der Waals surface area contributed by atoms with Crippen molar-refractivity contribution in [3.8, 4) is 5.75 Å². The van der Waals surface area contributed by atoms with Crippen molar-refractivity contribution >= 4 is 0 Å². The normalized spacial score (nSPS) is 27.9. The lowest BCUT2D eigenvalue weighted by molar-refractivity contribution is -0.0101. The van der Waals surface area contributed by atoms with Gasteiger partial charge in [0.15, 0.2) is 0 Å². The molecule has 0 bridgehead atoms. The van der Waals surface area contributed by atoms with Gasteiger partial charge in [-0.2, -0.15) is 0 Å². The number of aliphatic hydroxyl groups is 1. The molecule has 0 saturated heterocycles. The molecular weight excluding hydrogens is 202 g/mol. The van der Waals surface area contributed by atoms with Gasteiger partial charge < -0.3 is 15.6 Å². The lowest BCUT2D eigenvalue weighted by Crippen LogP contribution is -2.32. The van der Waals surface area contributed by atoms with Crippen LogP contribution in [0.2, 0.25) is 0 Å². The van der Waals surface area contributed by atoms with E-state index in [0.717, 1.165) is 17.7 Å². The van der Waals surface area contributed by atoms with E-state index in [1.54, 1.807) is 7.11 Å². The Bertz CT molecular complexity index is 392. The molecule has 0 radical (unpaired) electrons. The summed E-state index contributed by atoms with van der Waals surface area (Å²) in [6.07, 6.45) is 1.51. The van der Waals surface area contributed by atoms with Crippen molar-refractivity contribution in [1.29, 1.82) is 0 Å². The second-order valence-corrected chi connectivity index (χ2v) is 4.59. The van der Waals surface area contributed by atoms with Gasteiger partial charge in [-0.15, -0.1) is 0 Å². The fraction of sp³-hybridized carbons (Fsp3) is 0.538. The van der Waals surface area contributed by atoms with E-state index < -0.39 is 5.60 Å². The minimum Gasteiger partial charge on any atom is -0.497 e. The van der Waals surface area contributed by atoms with Crippen LogP contribution in [0.4, 0.5) is 0 Å². The van der Waals surface area contributed by atoms with Crippen LogP contribution in [-0.2, 0) is 12.0 Å². The van der Waals surface area contributed by atoms with Crippen LogP contribution in [0.5, 0.6) is 5.75 Å². The Morgan fingerprint density at radius 2 is 2.31 bits per heavy atom. The van der Waals surface area contributed by atoms with E-state index in [1.165, 1.54) is 5.56 Å². The van der Waals surface area contributed by atoms with Crippen molar-refractivity contribution in [2.75, 3.05) is 13.7 Å². The number of nitrogens with two attached hydrogens (primary N) is 1. The second-order valence-electron chi connectivity index (χ2n) is 4.59. The smallest absolute Gasteiger partial charge is 0.119 e. The summed E-state index contributed by atoms with van der Waals surface area (Å²) in [5, 5.41) is 10.7. The molecule has 1 aliphatic carbocycles. The van der Waals surface area contributed by atoms with Gasteiger partial charge in [-0.25, -0.2) is 0 Å². The van der Waals surface area contributed by atoms with Gasteiger partial charge in [0.1, 0.15) is 5.75 Å². The number of fused-ring (bicyclic) bond motifs is 1. The molecule has 3 N–H and O–H groups in total. The van der Waals surface area contributed by atoms with Crippen molar-refractivity contribution in [1.82, 2.24) is 0 Å². The van der Waals surface area contributed by atoms with E-state index in [2.05, 4.69) is 6.92 Å². The maximum Gasteiger partial charge on any atom is 0.119 e. The van der Waals surface area contributed by atoms with Crippen molar-refractivity contribution < 1.29 is 9.84 Å². The Labute approximate surface area is 96.2 Å². The molecule has 2 atom stereocenters. The molecule has 0 amide bonds. The van der Waals surface area contributed by atoms with E-state index in [0.29, 0.717) is 13.0 Å². The minimum absolute atomic E-state index is 0.221. The second kappa shape index (κ2) is 4.07. The average molecular weight is 221 g/mol. The van der Waals surface area contributed by atoms with Crippen molar-refractivity contribution in [3.05, 3.63) is 29.3 Å². The highest BCUT2D eigenvalue weighted by molar-refractivity contribution is 5.43. The minimum atomic E-state index is -0.754. The SMILES string of the molecule is COc1ccc2c(c1)CC(C)C2(O)CCN. The molecule has 1 aliphatic rings. The molecule has 0 saturated carbocycles. The van der Waals surface area contributed by atoms with Crippen LogP contribution in [0.15, 0.2) is 18.2 Å². The van der Waals surface area contributed by atoms with Crippen LogP contribution in [0.25, 0.3) is 0 Å². The fourth-order valence-electron chi connectivity index (χ4n) is 2.65. The van der Waals surface area contributed by atoms with Crippen LogP contribution in [0.1, 0.15) is 24.5 Å². The molecule has 2 rings (SSSR count). The predicted octanol–water partition coefficient (Wildman–Crippen LogP) is 1.42. The molecule has 1 aromatic rings. The maximum absolute atomic E-state index is 10.7. The molecule has 1 aromatic carbocycles. The summed E-state index contributed by atoms with van der Waals surface area (Å²) < 4.78 is 5.20. The Balaban J connectivity index is 2.42. The summed E-state index contributed by atoms with van der Waals surface area (Å²) in [6.45, 7) is 2.58. The summed E-state index contributed by atoms with van der Waals surface area (Å²) in [4.78, 5) is 0. The molecular formula is C13H19NO2. The quantitative estimate of drug-likeness (QED) is 0.811. The third-order valence-electron chi connectivity index (χ3n) is 3.65. The lowest BCUT2D eigenvalue weighted by atomic mass is 9.85. The number of benzene rings is 1. The molecule has 0 aromatic heterocycles. The monoisotopic (exact) mass is 221 g/mol. The van der Waals surface area contributed by atoms with Gasteiger partial charge >= 0.3 is 0 Å². The Morgan fingerprint density at radius 3 is 2.94 bits per heavy atom. The Kier molecular flexibility index (Phi) is 2.91. The number of methoxy groups -OCH3 is 1. The highest BCUT2D eigenvalue weighted by Gasteiger charge is 2.42. The van der Waals surface area contributed by atoms with Gasteiger partial charge in [-0.1, -0.05) is 13.0 Å². The Morgan fingerprint density at radius 1 is 1.56 bits per heavy atom. The van der Waals surface area contributed by atoms with Crippen LogP contribution in [0, 0.1) is 5.92 Å². The first-order valence-corrected chi connectivity index (χ1v) is 5.71. The first kappa shape index (κ1) is 11.4. The average Bonchev–Trinajstić information content (AvgIpc) is 2.51. The Hall–Kier alpha value is -1.06. The molecule has 0 aliphatic heterocycles. The number of rotatable bonds is 3. The molecule has 0 heterocycles. The zero-order valence-corrected chi connectivity index (χ0v) is 9.86. The number of ether oxygens (including phenoxy) is 1. The van der Waals surface area contributed by atoms with Gasteiger partial charge in [0, 0.05) is 0 Å². The maximum atomic E-state index is 10.7. The van der Waals surface area contributed by atoms with Crippen LogP contribution in [0.3, 0.4) is 0 Å². The largest absolute Gasteiger partial charge is 0.497 e. The molecule has 16 heavy (non-hydrogen) atoms. The molecule has 3 nitrogen and oxygen atoms in total. The van der Waals surface area contributed by atoms with E-state index >= 15 is 0 Å². The van der Waals surface area contributed by atoms with E-state index in [4.69, 9.17) is 10.5 Å². The fourth-order valence-corrected chi connectivity index (χ4v) is 2.65. The van der Waals surface area contributed by atoms with Crippen molar-refractivity contribution in [2.24, 2.45) is 11.7 Å². The van der Waals surface area contributed by atoms with E-state index in [-0.39, 0.29) is 5.92 Å². The van der Waals surface area contributed by atoms with Gasteiger partial charge in [0.2, 0.25) is 0 Å². The van der Waals surface area contributed by atoms with Gasteiger partial charge in [-0.3, -0.25) is 0 Å². The summed E-state index contributed by atoms with van der Waals surface area (Å²) in [5.74, 6) is 1.07. The third kappa shape index (κ3) is 1.60. The topological polar surface area (TPSA) is 55.5 Å². The van der Waals surface area contributed by atoms with Crippen LogP contribution >= 0.6 is 0 Å². The van der Waals surface area contributed by atoms with Crippen LogP contribution in [-0.4, -0.2) is 18.8 Å². The zero-order chi connectivity index (χ0) is 11.8. The van der Waals surface area contributed by atoms with E-state index in [1.807, 2.05) is 18.2 Å². The first-order chi connectivity index (χ1) is 7.61. The van der Waals surface area contributed by atoms with Gasteiger partial charge in [0.05, 0.1) is 12.7 Å². The lowest BCUT2D eigenvalue weighted by Gasteiger charge is -2.28. The third-order valence-corrected chi connectivity index (χ3v) is 3.65. The summed E-state index contributed by atoms with van der Waals surface area (Å²) >= 11 is 0. The molecule has 0 fully saturated rings. The standard InChI is InChI=1S/C13H19NO2/c1-9-7-10-8-11(16-2)3-4-12(10)13(9,15)5-6-14/h3-4,8-9,15H,5-7,14H2,1-2H3. The molecule has 0 spiro atoms. The number of hydrogen-bond donors (Lipinski definition) is 2. The summed E-state index contributed by atoms with van der Waals surface area (Å²) in [6, 6.07) is 5.88. The molecule has 2 unspecified atom stereocenters. The highest BCUT2D eigenvalue weighted by Crippen LogP contribution is 2.44. The van der Waals surface area contributed by atoms with Gasteiger partial charge in [-0.05, 0) is 48.6 Å². The molecule has 3 heteroatoms. The highest BCUT2D eigenvalue weighted by atomic mass is 16.5. The van der Waals surface area contributed by atoms with Crippen molar-refractivity contribution in [2.45, 2.75) is 25.4 Å². The van der Waals surface area contributed by atoms with E-state index in [9.17, 15) is 5.11 Å². The zero-order valence-electron chi connectivity index (χ0n) is 9.86. The van der Waals surface area contributed by atoms with Gasteiger partial charge in [0.25, 0.3) is 0 Å². The number of hydrogen-bond acceptors (Lipinski definition) is 3. The summed E-state index contributed by atoms with van der Waals surface area (Å²) in [7, 11) is 1.66. The van der Waals surface area contributed by atoms with Crippen molar-refractivity contribution in [3.63, 3.8) is 0 Å². The van der Waals surface area contributed by atoms with Crippen LogP contribution < -0.4 is 10.5 Å².